The van der Waals surface area contributed by atoms with Gasteiger partial charge in [-0.3, -0.25) is 0 Å². The molecule has 0 aliphatic rings. The normalized spacial score (nSPS) is 12.3. The van der Waals surface area contributed by atoms with Crippen molar-refractivity contribution in [1.82, 2.24) is 4.31 Å². The van der Waals surface area contributed by atoms with Gasteiger partial charge in [0.25, 0.3) is 0 Å². The Labute approximate surface area is 155 Å². The molecule has 2 aromatic rings. The van der Waals surface area contributed by atoms with E-state index in [1.165, 1.54) is 29.6 Å². The molecule has 0 aliphatic carbocycles. The van der Waals surface area contributed by atoms with E-state index in [9.17, 15) is 16.8 Å². The van der Waals surface area contributed by atoms with Gasteiger partial charge in [-0.1, -0.05) is 18.2 Å². The van der Waals surface area contributed by atoms with Crippen LogP contribution >= 0.6 is 0 Å². The maximum absolute atomic E-state index is 12.9. The van der Waals surface area contributed by atoms with E-state index in [-0.39, 0.29) is 16.3 Å². The van der Waals surface area contributed by atoms with Crippen LogP contribution in [0.5, 0.6) is 5.75 Å². The molecule has 0 atom stereocenters. The molecular formula is C18H23NO5S2. The molecule has 8 heteroatoms. The predicted molar refractivity (Wildman–Crippen MR) is 101 cm³/mol. The molecule has 0 amide bonds. The lowest BCUT2D eigenvalue weighted by Crippen LogP contribution is -2.27. The Morgan fingerprint density at radius 3 is 2.15 bits per heavy atom. The molecule has 0 heterocycles. The first-order valence-corrected chi connectivity index (χ1v) is 11.4. The van der Waals surface area contributed by atoms with Crippen LogP contribution in [0.15, 0.2) is 52.3 Å². The number of rotatable bonds is 7. The van der Waals surface area contributed by atoms with Crippen molar-refractivity contribution < 1.29 is 21.6 Å². The molecule has 0 aliphatic heterocycles. The number of sulfone groups is 1. The average molecular weight is 398 g/mol. The van der Waals surface area contributed by atoms with Crippen LogP contribution in [0.3, 0.4) is 0 Å². The zero-order valence-electron chi connectivity index (χ0n) is 15.3. The van der Waals surface area contributed by atoms with E-state index in [2.05, 4.69) is 0 Å². The minimum absolute atomic E-state index is 0.00568. The zero-order chi connectivity index (χ0) is 19.5. The minimum Gasteiger partial charge on any atom is -0.494 e. The van der Waals surface area contributed by atoms with Crippen molar-refractivity contribution in [3.8, 4) is 5.75 Å². The van der Waals surface area contributed by atoms with Crippen LogP contribution in [0.2, 0.25) is 0 Å². The van der Waals surface area contributed by atoms with Gasteiger partial charge in [0.2, 0.25) is 10.0 Å². The summed E-state index contributed by atoms with van der Waals surface area (Å²) in [6, 6.07) is 11.3. The van der Waals surface area contributed by atoms with Gasteiger partial charge in [0, 0.05) is 19.8 Å². The quantitative estimate of drug-likeness (QED) is 0.717. The lowest BCUT2D eigenvalue weighted by atomic mass is 10.2. The number of hydrogen-bond acceptors (Lipinski definition) is 5. The molecule has 0 unspecified atom stereocenters. The molecule has 142 valence electrons. The number of ether oxygens (including phenoxy) is 1. The molecule has 6 nitrogen and oxygen atoms in total. The summed E-state index contributed by atoms with van der Waals surface area (Å²) >= 11 is 0. The second-order valence-electron chi connectivity index (χ2n) is 6.04. The van der Waals surface area contributed by atoms with Crippen molar-refractivity contribution in [2.75, 3.05) is 19.9 Å². The molecule has 2 rings (SSSR count). The summed E-state index contributed by atoms with van der Waals surface area (Å²) in [4.78, 5) is -0.0231. The van der Waals surface area contributed by atoms with Crippen molar-refractivity contribution in [2.45, 2.75) is 30.2 Å². The fraction of sp³-hybridized carbons (Fsp3) is 0.333. The molecule has 0 spiro atoms. The second kappa shape index (κ2) is 7.77. The summed E-state index contributed by atoms with van der Waals surface area (Å²) in [5, 5.41) is 0. The molecule has 26 heavy (non-hydrogen) atoms. The van der Waals surface area contributed by atoms with E-state index in [1.807, 2.05) is 6.92 Å². The Hall–Kier alpha value is -1.90. The smallest absolute Gasteiger partial charge is 0.243 e. The summed E-state index contributed by atoms with van der Waals surface area (Å²) in [5.41, 5.74) is 1.30. The minimum atomic E-state index is -3.83. The van der Waals surface area contributed by atoms with Gasteiger partial charge < -0.3 is 4.74 Å². The molecule has 0 fully saturated rings. The number of nitrogens with zero attached hydrogens (tertiary/aromatic N) is 1. The highest BCUT2D eigenvalue weighted by Crippen LogP contribution is 2.24. The van der Waals surface area contributed by atoms with Crippen molar-refractivity contribution in [3.63, 3.8) is 0 Å². The lowest BCUT2D eigenvalue weighted by Gasteiger charge is -2.19. The van der Waals surface area contributed by atoms with Crippen LogP contribution in [0.1, 0.15) is 18.1 Å². The van der Waals surface area contributed by atoms with Gasteiger partial charge in [-0.25, -0.2) is 16.8 Å². The third-order valence-electron chi connectivity index (χ3n) is 3.92. The van der Waals surface area contributed by atoms with Crippen LogP contribution in [0.25, 0.3) is 0 Å². The van der Waals surface area contributed by atoms with E-state index >= 15 is 0 Å². The van der Waals surface area contributed by atoms with Gasteiger partial charge in [-0.05, 0) is 49.2 Å². The fourth-order valence-corrected chi connectivity index (χ4v) is 4.58. The summed E-state index contributed by atoms with van der Waals surface area (Å²) in [6.07, 6.45) is 1.05. The largest absolute Gasteiger partial charge is 0.494 e. The molecule has 2 aromatic carbocycles. The molecule has 0 saturated heterocycles. The van der Waals surface area contributed by atoms with E-state index in [1.54, 1.807) is 31.2 Å². The van der Waals surface area contributed by atoms with E-state index < -0.39 is 19.9 Å². The first-order chi connectivity index (χ1) is 12.1. The van der Waals surface area contributed by atoms with E-state index in [4.69, 9.17) is 4.74 Å². The Morgan fingerprint density at radius 2 is 1.62 bits per heavy atom. The van der Waals surface area contributed by atoms with Crippen LogP contribution < -0.4 is 4.74 Å². The highest BCUT2D eigenvalue weighted by molar-refractivity contribution is 7.91. The first kappa shape index (κ1) is 20.4. The van der Waals surface area contributed by atoms with Crippen molar-refractivity contribution in [3.05, 3.63) is 53.6 Å². The average Bonchev–Trinajstić information content (AvgIpc) is 2.56. The Bertz CT molecular complexity index is 981. The number of benzene rings is 2. The molecule has 0 saturated carbocycles. The van der Waals surface area contributed by atoms with Crippen molar-refractivity contribution in [2.24, 2.45) is 0 Å². The van der Waals surface area contributed by atoms with Crippen LogP contribution in [0.4, 0.5) is 0 Å². The van der Waals surface area contributed by atoms with Crippen molar-refractivity contribution >= 4 is 19.9 Å². The number of aryl methyl sites for hydroxylation is 1. The summed E-state index contributed by atoms with van der Waals surface area (Å²) in [5.74, 6) is 0.721. The molecule has 0 bridgehead atoms. The Kier molecular flexibility index (Phi) is 6.10. The van der Waals surface area contributed by atoms with Gasteiger partial charge in [-0.2, -0.15) is 4.31 Å². The third kappa shape index (κ3) is 4.63. The van der Waals surface area contributed by atoms with Gasteiger partial charge in [0.05, 0.1) is 16.4 Å². The third-order valence-corrected chi connectivity index (χ3v) is 6.97. The topological polar surface area (TPSA) is 80.8 Å². The Morgan fingerprint density at radius 1 is 1.00 bits per heavy atom. The van der Waals surface area contributed by atoms with Gasteiger partial charge >= 0.3 is 0 Å². The summed E-state index contributed by atoms with van der Waals surface area (Å²) in [7, 11) is -5.86. The summed E-state index contributed by atoms with van der Waals surface area (Å²) < 4.78 is 55.9. The highest BCUT2D eigenvalue weighted by Gasteiger charge is 2.24. The molecule has 0 aromatic heterocycles. The molecule has 0 N–H and O–H groups in total. The maximum atomic E-state index is 12.9. The molecule has 0 radical (unpaired) electrons. The Balaban J connectivity index is 2.31. The SMILES string of the molecule is CCOc1ccc(CN(C)S(=O)(=O)c2cc(S(C)(=O)=O)ccc2C)cc1. The van der Waals surface area contributed by atoms with Crippen molar-refractivity contribution in [1.29, 1.82) is 0 Å². The first-order valence-electron chi connectivity index (χ1n) is 8.04. The highest BCUT2D eigenvalue weighted by atomic mass is 32.2. The second-order valence-corrected chi connectivity index (χ2v) is 10.1. The van der Waals surface area contributed by atoms with Gasteiger partial charge in [0.1, 0.15) is 5.75 Å². The van der Waals surface area contributed by atoms with Gasteiger partial charge in [0.15, 0.2) is 9.84 Å². The number of sulfonamides is 1. The van der Waals surface area contributed by atoms with E-state index in [0.29, 0.717) is 12.2 Å². The van der Waals surface area contributed by atoms with Gasteiger partial charge in [-0.15, -0.1) is 0 Å². The standard InChI is InChI=1S/C18H23NO5S2/c1-5-24-16-9-7-15(8-10-16)13-19(3)26(22,23)18-12-17(25(4,20)21)11-6-14(18)2/h6-12H,5,13H2,1-4H3. The van der Waals surface area contributed by atoms with Crippen LogP contribution in [0, 0.1) is 6.92 Å². The van der Waals surface area contributed by atoms with Crippen LogP contribution in [-0.4, -0.2) is 41.1 Å². The molecular weight excluding hydrogens is 374 g/mol. The lowest BCUT2D eigenvalue weighted by molar-refractivity contribution is 0.340. The monoisotopic (exact) mass is 397 g/mol. The zero-order valence-corrected chi connectivity index (χ0v) is 16.9. The fourth-order valence-electron chi connectivity index (χ4n) is 2.46. The van der Waals surface area contributed by atoms with Crippen LogP contribution in [-0.2, 0) is 26.4 Å². The predicted octanol–water partition coefficient (Wildman–Crippen LogP) is 2.62. The van der Waals surface area contributed by atoms with E-state index in [0.717, 1.165) is 17.6 Å². The number of hydrogen-bond donors (Lipinski definition) is 0. The summed E-state index contributed by atoms with van der Waals surface area (Å²) in [6.45, 7) is 4.26. The maximum Gasteiger partial charge on any atom is 0.243 e.